The predicted octanol–water partition coefficient (Wildman–Crippen LogP) is 2.83. The van der Waals surface area contributed by atoms with Crippen molar-refractivity contribution >= 4 is 12.4 Å². The SMILES string of the molecule is Oc1c(F)cccc1/C=N/N=C/c1cccc(F)c1O. The summed E-state index contributed by atoms with van der Waals surface area (Å²) in [7, 11) is 0. The number of rotatable bonds is 3. The van der Waals surface area contributed by atoms with Crippen molar-refractivity contribution in [3.63, 3.8) is 0 Å². The fraction of sp³-hybridized carbons (Fsp3) is 0. The number of phenolic OH excluding ortho intramolecular Hbond substituents is 2. The highest BCUT2D eigenvalue weighted by molar-refractivity contribution is 5.86. The van der Waals surface area contributed by atoms with Crippen molar-refractivity contribution in [3.8, 4) is 11.5 Å². The van der Waals surface area contributed by atoms with Crippen LogP contribution in [0.15, 0.2) is 46.6 Å². The van der Waals surface area contributed by atoms with Crippen LogP contribution in [0.2, 0.25) is 0 Å². The molecule has 20 heavy (non-hydrogen) atoms. The second-order valence-electron chi connectivity index (χ2n) is 3.84. The molecule has 102 valence electrons. The molecule has 0 fully saturated rings. The van der Waals surface area contributed by atoms with Gasteiger partial charge in [-0.15, -0.1) is 0 Å². The van der Waals surface area contributed by atoms with Crippen LogP contribution in [0.1, 0.15) is 11.1 Å². The molecule has 0 aliphatic rings. The highest BCUT2D eigenvalue weighted by Crippen LogP contribution is 2.19. The van der Waals surface area contributed by atoms with Crippen LogP contribution in [0.3, 0.4) is 0 Å². The monoisotopic (exact) mass is 276 g/mol. The first kappa shape index (κ1) is 13.7. The molecule has 0 aromatic heterocycles. The third kappa shape index (κ3) is 2.97. The number of aromatic hydroxyl groups is 2. The topological polar surface area (TPSA) is 65.2 Å². The van der Waals surface area contributed by atoms with Crippen molar-refractivity contribution in [3.05, 3.63) is 59.2 Å². The van der Waals surface area contributed by atoms with Gasteiger partial charge in [-0.05, 0) is 24.3 Å². The smallest absolute Gasteiger partial charge is 0.165 e. The minimum absolute atomic E-state index is 0.158. The number of halogens is 2. The number of nitrogens with zero attached hydrogens (tertiary/aromatic N) is 2. The van der Waals surface area contributed by atoms with Crippen molar-refractivity contribution in [2.45, 2.75) is 0 Å². The Hall–Kier alpha value is -2.76. The molecule has 2 rings (SSSR count). The first-order valence-electron chi connectivity index (χ1n) is 5.61. The maximum Gasteiger partial charge on any atom is 0.165 e. The normalized spacial score (nSPS) is 11.5. The fourth-order valence-electron chi connectivity index (χ4n) is 1.46. The second-order valence-corrected chi connectivity index (χ2v) is 3.84. The summed E-state index contributed by atoms with van der Waals surface area (Å²) in [6.07, 6.45) is 2.29. The van der Waals surface area contributed by atoms with E-state index < -0.39 is 23.1 Å². The molecular formula is C14H10F2N2O2. The molecule has 6 heteroatoms. The summed E-state index contributed by atoms with van der Waals surface area (Å²) in [5.74, 6) is -2.58. The zero-order valence-corrected chi connectivity index (χ0v) is 10.2. The summed E-state index contributed by atoms with van der Waals surface area (Å²) in [4.78, 5) is 0. The van der Waals surface area contributed by atoms with E-state index in [9.17, 15) is 19.0 Å². The summed E-state index contributed by atoms with van der Waals surface area (Å²) in [5, 5.41) is 26.0. The Labute approximate surface area is 113 Å². The standard InChI is InChI=1S/C14H10F2N2O2/c15-11-5-1-3-9(13(11)19)7-17-18-8-10-4-2-6-12(16)14(10)20/h1-8,19-20H/b17-7+,18-8+. The molecule has 0 spiro atoms. The molecule has 0 amide bonds. The fourth-order valence-corrected chi connectivity index (χ4v) is 1.46. The molecule has 0 unspecified atom stereocenters. The van der Waals surface area contributed by atoms with E-state index in [2.05, 4.69) is 10.2 Å². The van der Waals surface area contributed by atoms with Crippen LogP contribution in [0, 0.1) is 11.6 Å². The van der Waals surface area contributed by atoms with E-state index in [0.29, 0.717) is 0 Å². The number of hydrogen-bond donors (Lipinski definition) is 2. The molecular weight excluding hydrogens is 266 g/mol. The van der Waals surface area contributed by atoms with Crippen LogP contribution in [-0.4, -0.2) is 22.6 Å². The van der Waals surface area contributed by atoms with E-state index in [1.807, 2.05) is 0 Å². The lowest BCUT2D eigenvalue weighted by molar-refractivity contribution is 0.431. The van der Waals surface area contributed by atoms with Crippen LogP contribution < -0.4 is 0 Å². The third-order valence-electron chi connectivity index (χ3n) is 2.50. The highest BCUT2D eigenvalue weighted by Gasteiger charge is 2.04. The molecule has 0 aliphatic heterocycles. The Morgan fingerprint density at radius 1 is 0.750 bits per heavy atom. The molecule has 2 aromatic carbocycles. The number of para-hydroxylation sites is 2. The maximum atomic E-state index is 13.0. The van der Waals surface area contributed by atoms with Gasteiger partial charge in [0, 0.05) is 11.1 Å². The van der Waals surface area contributed by atoms with E-state index in [-0.39, 0.29) is 11.1 Å². The zero-order valence-electron chi connectivity index (χ0n) is 10.2. The van der Waals surface area contributed by atoms with E-state index >= 15 is 0 Å². The largest absolute Gasteiger partial charge is 0.504 e. The van der Waals surface area contributed by atoms with Crippen molar-refractivity contribution in [2.24, 2.45) is 10.2 Å². The molecule has 2 aromatic rings. The lowest BCUT2D eigenvalue weighted by atomic mass is 10.2. The van der Waals surface area contributed by atoms with Gasteiger partial charge in [0.15, 0.2) is 23.1 Å². The summed E-state index contributed by atoms with van der Waals surface area (Å²) >= 11 is 0. The molecule has 0 atom stereocenters. The lowest BCUT2D eigenvalue weighted by Crippen LogP contribution is -1.87. The van der Waals surface area contributed by atoms with Crippen LogP contribution in [0.5, 0.6) is 11.5 Å². The van der Waals surface area contributed by atoms with Crippen LogP contribution in [0.4, 0.5) is 8.78 Å². The van der Waals surface area contributed by atoms with Gasteiger partial charge in [0.1, 0.15) is 0 Å². The van der Waals surface area contributed by atoms with E-state index in [1.165, 1.54) is 24.3 Å². The van der Waals surface area contributed by atoms with Gasteiger partial charge >= 0.3 is 0 Å². The zero-order chi connectivity index (χ0) is 14.5. The Kier molecular flexibility index (Phi) is 4.05. The molecule has 0 heterocycles. The Morgan fingerprint density at radius 3 is 1.55 bits per heavy atom. The Balaban J connectivity index is 2.15. The second kappa shape index (κ2) is 5.92. The predicted molar refractivity (Wildman–Crippen MR) is 71.3 cm³/mol. The first-order chi connectivity index (χ1) is 9.59. The van der Waals surface area contributed by atoms with E-state index in [4.69, 9.17) is 0 Å². The van der Waals surface area contributed by atoms with Crippen molar-refractivity contribution in [1.82, 2.24) is 0 Å². The molecule has 0 bridgehead atoms. The van der Waals surface area contributed by atoms with Gasteiger partial charge in [-0.1, -0.05) is 12.1 Å². The lowest BCUT2D eigenvalue weighted by Gasteiger charge is -1.98. The van der Waals surface area contributed by atoms with Crippen LogP contribution >= 0.6 is 0 Å². The molecule has 0 radical (unpaired) electrons. The summed E-state index contributed by atoms with van der Waals surface area (Å²) in [5.41, 5.74) is 0.316. The maximum absolute atomic E-state index is 13.0. The van der Waals surface area contributed by atoms with Gasteiger partial charge in [-0.2, -0.15) is 10.2 Å². The molecule has 0 aliphatic carbocycles. The average Bonchev–Trinajstić information content (AvgIpc) is 2.43. The van der Waals surface area contributed by atoms with Crippen molar-refractivity contribution < 1.29 is 19.0 Å². The van der Waals surface area contributed by atoms with E-state index in [1.54, 1.807) is 0 Å². The van der Waals surface area contributed by atoms with Crippen molar-refractivity contribution in [1.29, 1.82) is 0 Å². The number of phenols is 2. The molecule has 4 nitrogen and oxygen atoms in total. The minimum atomic E-state index is -0.763. The Bertz CT molecular complexity index is 625. The molecule has 2 N–H and O–H groups in total. The van der Waals surface area contributed by atoms with Gasteiger partial charge < -0.3 is 10.2 Å². The quantitative estimate of drug-likeness (QED) is 0.668. The van der Waals surface area contributed by atoms with Gasteiger partial charge in [-0.25, -0.2) is 8.78 Å². The van der Waals surface area contributed by atoms with Crippen LogP contribution in [-0.2, 0) is 0 Å². The van der Waals surface area contributed by atoms with Crippen LogP contribution in [0.25, 0.3) is 0 Å². The number of benzene rings is 2. The average molecular weight is 276 g/mol. The highest BCUT2D eigenvalue weighted by atomic mass is 19.1. The van der Waals surface area contributed by atoms with E-state index in [0.717, 1.165) is 24.6 Å². The van der Waals surface area contributed by atoms with Crippen molar-refractivity contribution in [2.75, 3.05) is 0 Å². The summed E-state index contributed by atoms with van der Waals surface area (Å²) in [6.45, 7) is 0. The molecule has 0 saturated heterocycles. The van der Waals surface area contributed by atoms with Gasteiger partial charge in [0.2, 0.25) is 0 Å². The van der Waals surface area contributed by atoms with Gasteiger partial charge in [0.25, 0.3) is 0 Å². The summed E-state index contributed by atoms with van der Waals surface area (Å²) < 4.78 is 26.1. The number of hydrogen-bond acceptors (Lipinski definition) is 4. The van der Waals surface area contributed by atoms with Gasteiger partial charge in [0.05, 0.1) is 12.4 Å². The Morgan fingerprint density at radius 2 is 1.15 bits per heavy atom. The first-order valence-corrected chi connectivity index (χ1v) is 5.61. The summed E-state index contributed by atoms with van der Waals surface area (Å²) in [6, 6.07) is 7.96. The molecule has 0 saturated carbocycles. The van der Waals surface area contributed by atoms with Gasteiger partial charge in [-0.3, -0.25) is 0 Å². The minimum Gasteiger partial charge on any atom is -0.504 e. The third-order valence-corrected chi connectivity index (χ3v) is 2.50.